The fourth-order valence-corrected chi connectivity index (χ4v) is 4.80. The summed E-state index contributed by atoms with van der Waals surface area (Å²) < 4.78 is 1.99. The normalized spacial score (nSPS) is 15.7. The van der Waals surface area contributed by atoms with Crippen LogP contribution in [-0.2, 0) is 0 Å². The molecule has 1 saturated heterocycles. The predicted molar refractivity (Wildman–Crippen MR) is 106 cm³/mol. The Morgan fingerprint density at radius 3 is 2.65 bits per heavy atom. The number of hydrogen-bond donors (Lipinski definition) is 1. The van der Waals surface area contributed by atoms with E-state index in [1.54, 1.807) is 16.2 Å². The van der Waals surface area contributed by atoms with Crippen LogP contribution in [0.25, 0.3) is 15.9 Å². The molecule has 0 bridgehead atoms. The van der Waals surface area contributed by atoms with E-state index in [0.717, 1.165) is 59.2 Å². The Morgan fingerprint density at radius 1 is 1.23 bits per heavy atom. The van der Waals surface area contributed by atoms with Crippen molar-refractivity contribution in [3.63, 3.8) is 0 Å². The first kappa shape index (κ1) is 17.2. The van der Waals surface area contributed by atoms with Gasteiger partial charge in [0.25, 0.3) is 5.91 Å². The molecule has 26 heavy (non-hydrogen) atoms. The predicted octanol–water partition coefficient (Wildman–Crippen LogP) is 2.06. The van der Waals surface area contributed by atoms with Crippen molar-refractivity contribution >= 4 is 27.5 Å². The van der Waals surface area contributed by atoms with E-state index in [2.05, 4.69) is 26.0 Å². The average Bonchev–Trinajstić information content (AvgIpc) is 3.23. The molecule has 1 aliphatic rings. The number of likely N-dealkylation sites (N-methyl/N-ethyl adjacent to an activating group) is 1. The Hall–Kier alpha value is -2.18. The van der Waals surface area contributed by atoms with Crippen molar-refractivity contribution in [1.29, 1.82) is 0 Å². The number of nitrogens with zero attached hydrogens (tertiary/aromatic N) is 3. The number of carbonyl (C=O) groups excluding carboxylic acids is 1. The first-order valence-electron chi connectivity index (χ1n) is 9.26. The highest BCUT2D eigenvalue weighted by Gasteiger charge is 2.26. The van der Waals surface area contributed by atoms with Crippen LogP contribution >= 0.6 is 11.3 Å². The molecular weight excluding hydrogens is 344 g/mol. The smallest absolute Gasteiger partial charge is 0.264 e. The van der Waals surface area contributed by atoms with Crippen LogP contribution in [0.15, 0.2) is 30.3 Å². The van der Waals surface area contributed by atoms with E-state index in [4.69, 9.17) is 5.10 Å². The summed E-state index contributed by atoms with van der Waals surface area (Å²) in [7, 11) is 0. The fourth-order valence-electron chi connectivity index (χ4n) is 3.65. The van der Waals surface area contributed by atoms with Gasteiger partial charge in [-0.2, -0.15) is 5.10 Å². The van der Waals surface area contributed by atoms with E-state index < -0.39 is 0 Å². The van der Waals surface area contributed by atoms with Gasteiger partial charge in [0.15, 0.2) is 0 Å². The number of quaternary nitrogens is 1. The number of piperazine rings is 1. The van der Waals surface area contributed by atoms with Crippen molar-refractivity contribution in [2.75, 3.05) is 32.7 Å². The molecule has 1 aromatic carbocycles. The number of carbonyl (C=O) groups is 1. The number of nitrogens with one attached hydrogen (secondary N) is 1. The monoisotopic (exact) mass is 369 g/mol. The second kappa shape index (κ2) is 6.85. The molecule has 0 atom stereocenters. The van der Waals surface area contributed by atoms with E-state index in [1.165, 1.54) is 5.56 Å². The molecule has 0 spiro atoms. The molecule has 5 nitrogen and oxygen atoms in total. The zero-order valence-corrected chi connectivity index (χ0v) is 16.4. The lowest BCUT2D eigenvalue weighted by molar-refractivity contribution is -0.902. The molecule has 0 aliphatic carbocycles. The Labute approximate surface area is 157 Å². The number of benzene rings is 1. The third-order valence-corrected chi connectivity index (χ3v) is 6.46. The molecule has 0 saturated carbocycles. The van der Waals surface area contributed by atoms with Gasteiger partial charge in [0.1, 0.15) is 4.83 Å². The largest absolute Gasteiger partial charge is 0.332 e. The second-order valence-electron chi connectivity index (χ2n) is 7.01. The number of aryl methyl sites for hydroxylation is 2. The van der Waals surface area contributed by atoms with Gasteiger partial charge in [-0.1, -0.05) is 18.2 Å². The average molecular weight is 370 g/mol. The highest BCUT2D eigenvalue weighted by atomic mass is 32.1. The highest BCUT2D eigenvalue weighted by molar-refractivity contribution is 7.20. The quantitative estimate of drug-likeness (QED) is 0.768. The van der Waals surface area contributed by atoms with Crippen LogP contribution in [0.5, 0.6) is 0 Å². The maximum atomic E-state index is 13.0. The van der Waals surface area contributed by atoms with Gasteiger partial charge in [-0.15, -0.1) is 11.3 Å². The Morgan fingerprint density at radius 2 is 1.96 bits per heavy atom. The van der Waals surface area contributed by atoms with Crippen LogP contribution in [0.4, 0.5) is 0 Å². The highest BCUT2D eigenvalue weighted by Crippen LogP contribution is 2.31. The van der Waals surface area contributed by atoms with Crippen molar-refractivity contribution in [3.05, 3.63) is 46.5 Å². The van der Waals surface area contributed by atoms with E-state index in [1.807, 2.05) is 34.7 Å². The van der Waals surface area contributed by atoms with E-state index in [0.29, 0.717) is 0 Å². The first-order chi connectivity index (χ1) is 12.6. The van der Waals surface area contributed by atoms with Gasteiger partial charge in [-0.3, -0.25) is 4.79 Å². The zero-order chi connectivity index (χ0) is 18.3. The van der Waals surface area contributed by atoms with Crippen LogP contribution in [0.1, 0.15) is 27.9 Å². The Balaban J connectivity index is 1.67. The minimum absolute atomic E-state index is 0.164. The summed E-state index contributed by atoms with van der Waals surface area (Å²) in [6.45, 7) is 11.2. The van der Waals surface area contributed by atoms with Crippen molar-refractivity contribution in [2.24, 2.45) is 0 Å². The van der Waals surface area contributed by atoms with Crippen molar-refractivity contribution in [1.82, 2.24) is 14.7 Å². The van der Waals surface area contributed by atoms with Crippen LogP contribution in [-0.4, -0.2) is 53.3 Å². The molecular formula is C20H25N4OS+. The fraction of sp³-hybridized carbons (Fsp3) is 0.400. The molecule has 4 rings (SSSR count). The molecule has 1 amide bonds. The lowest BCUT2D eigenvalue weighted by atomic mass is 10.2. The standard InChI is InChI=1S/C20H24N4OS/c1-4-22-9-11-23(12-10-22)19(25)18-13-16-15(3)21-24(20(16)26-18)17-8-6-5-7-14(17)2/h5-8,13H,4,9-12H2,1-3H3/p+1. The maximum absolute atomic E-state index is 13.0. The lowest BCUT2D eigenvalue weighted by Crippen LogP contribution is -3.14. The molecule has 3 heterocycles. The number of fused-ring (bicyclic) bond motifs is 1. The van der Waals surface area contributed by atoms with Crippen molar-refractivity contribution < 1.29 is 9.69 Å². The topological polar surface area (TPSA) is 42.6 Å². The van der Waals surface area contributed by atoms with Gasteiger partial charge < -0.3 is 9.80 Å². The van der Waals surface area contributed by atoms with Gasteiger partial charge >= 0.3 is 0 Å². The van der Waals surface area contributed by atoms with Gasteiger partial charge in [0.05, 0.1) is 49.0 Å². The van der Waals surface area contributed by atoms with Gasteiger partial charge in [-0.25, -0.2) is 4.68 Å². The van der Waals surface area contributed by atoms with E-state index >= 15 is 0 Å². The molecule has 136 valence electrons. The maximum Gasteiger partial charge on any atom is 0.264 e. The number of thiophene rings is 1. The van der Waals surface area contributed by atoms with Gasteiger partial charge in [-0.05, 0) is 38.5 Å². The van der Waals surface area contributed by atoms with Crippen molar-refractivity contribution in [3.8, 4) is 5.69 Å². The Kier molecular flexibility index (Phi) is 4.54. The summed E-state index contributed by atoms with van der Waals surface area (Å²) in [6.07, 6.45) is 0. The van der Waals surface area contributed by atoms with E-state index in [9.17, 15) is 4.79 Å². The van der Waals surface area contributed by atoms with Gasteiger partial charge in [0.2, 0.25) is 0 Å². The van der Waals surface area contributed by atoms with Crippen LogP contribution in [0.3, 0.4) is 0 Å². The molecule has 0 unspecified atom stereocenters. The van der Waals surface area contributed by atoms with E-state index in [-0.39, 0.29) is 5.91 Å². The summed E-state index contributed by atoms with van der Waals surface area (Å²) in [5.41, 5.74) is 3.22. The molecule has 0 radical (unpaired) electrons. The minimum atomic E-state index is 0.164. The molecule has 1 aliphatic heterocycles. The number of amides is 1. The summed E-state index contributed by atoms with van der Waals surface area (Å²) in [5.74, 6) is 0.164. The number of para-hydroxylation sites is 1. The zero-order valence-electron chi connectivity index (χ0n) is 15.6. The third-order valence-electron chi connectivity index (χ3n) is 5.36. The van der Waals surface area contributed by atoms with Crippen LogP contribution < -0.4 is 4.90 Å². The summed E-state index contributed by atoms with van der Waals surface area (Å²) >= 11 is 1.56. The first-order valence-corrected chi connectivity index (χ1v) is 10.1. The summed E-state index contributed by atoms with van der Waals surface area (Å²) in [4.78, 5) is 18.4. The molecule has 2 aromatic heterocycles. The van der Waals surface area contributed by atoms with Crippen LogP contribution in [0.2, 0.25) is 0 Å². The second-order valence-corrected chi connectivity index (χ2v) is 8.04. The summed E-state index contributed by atoms with van der Waals surface area (Å²) in [5, 5.41) is 5.80. The summed E-state index contributed by atoms with van der Waals surface area (Å²) in [6, 6.07) is 10.3. The number of aromatic nitrogens is 2. The van der Waals surface area contributed by atoms with Gasteiger partial charge in [0, 0.05) is 5.39 Å². The third kappa shape index (κ3) is 2.93. The Bertz CT molecular complexity index is 950. The molecule has 1 N–H and O–H groups in total. The number of hydrogen-bond acceptors (Lipinski definition) is 3. The van der Waals surface area contributed by atoms with Crippen LogP contribution in [0, 0.1) is 13.8 Å². The lowest BCUT2D eigenvalue weighted by Gasteiger charge is -2.31. The number of rotatable bonds is 3. The van der Waals surface area contributed by atoms with Crippen molar-refractivity contribution in [2.45, 2.75) is 20.8 Å². The molecule has 3 aromatic rings. The molecule has 6 heteroatoms. The minimum Gasteiger partial charge on any atom is -0.332 e. The SMILES string of the molecule is CC[NH+]1CCN(C(=O)c2cc3c(C)nn(-c4ccccc4C)c3s2)CC1. The molecule has 1 fully saturated rings.